The first-order chi connectivity index (χ1) is 8.08. The molecule has 0 unspecified atom stereocenters. The normalized spacial score (nSPS) is 10.2. The van der Waals surface area contributed by atoms with Gasteiger partial charge in [-0.2, -0.15) is 0 Å². The molecule has 2 heterocycles. The minimum absolute atomic E-state index is 0.115. The molecule has 17 heavy (non-hydrogen) atoms. The SMILES string of the molecule is CC(=O)c1csc(NC(=O)c2scnc2C)n1. The number of hydrogen-bond acceptors (Lipinski definition) is 6. The van der Waals surface area contributed by atoms with Crippen molar-refractivity contribution in [3.05, 3.63) is 27.2 Å². The second kappa shape index (κ2) is 4.72. The summed E-state index contributed by atoms with van der Waals surface area (Å²) >= 11 is 2.51. The van der Waals surface area contributed by atoms with Crippen molar-refractivity contribution >= 4 is 39.5 Å². The molecular formula is C10H9N3O2S2. The number of amides is 1. The molecule has 5 nitrogen and oxygen atoms in total. The smallest absolute Gasteiger partial charge is 0.269 e. The highest BCUT2D eigenvalue weighted by molar-refractivity contribution is 7.14. The third kappa shape index (κ3) is 2.56. The van der Waals surface area contributed by atoms with E-state index in [1.165, 1.54) is 29.6 Å². The maximum Gasteiger partial charge on any atom is 0.269 e. The molecule has 0 aliphatic rings. The fourth-order valence-electron chi connectivity index (χ4n) is 1.17. The molecule has 0 radical (unpaired) electrons. The Balaban J connectivity index is 2.13. The number of carbonyl (C=O) groups excluding carboxylic acids is 2. The fourth-order valence-corrected chi connectivity index (χ4v) is 2.61. The second-order valence-electron chi connectivity index (χ2n) is 3.32. The molecule has 0 saturated carbocycles. The number of anilines is 1. The molecule has 0 fully saturated rings. The van der Waals surface area contributed by atoms with Crippen LogP contribution in [0.1, 0.15) is 32.8 Å². The van der Waals surface area contributed by atoms with Crippen LogP contribution in [-0.2, 0) is 0 Å². The van der Waals surface area contributed by atoms with Crippen molar-refractivity contribution < 1.29 is 9.59 Å². The Bertz CT molecular complexity index is 574. The van der Waals surface area contributed by atoms with Crippen molar-refractivity contribution in [2.45, 2.75) is 13.8 Å². The lowest BCUT2D eigenvalue weighted by Crippen LogP contribution is -2.11. The summed E-state index contributed by atoms with van der Waals surface area (Å²) in [5, 5.41) is 4.69. The molecule has 0 aromatic carbocycles. The Morgan fingerprint density at radius 2 is 2.12 bits per heavy atom. The lowest BCUT2D eigenvalue weighted by molar-refractivity contribution is 0.100. The average Bonchev–Trinajstić information content (AvgIpc) is 2.86. The van der Waals surface area contributed by atoms with E-state index in [4.69, 9.17) is 0 Å². The van der Waals surface area contributed by atoms with Gasteiger partial charge < -0.3 is 0 Å². The van der Waals surface area contributed by atoms with Crippen LogP contribution in [0.3, 0.4) is 0 Å². The van der Waals surface area contributed by atoms with Gasteiger partial charge in [0, 0.05) is 12.3 Å². The van der Waals surface area contributed by atoms with E-state index < -0.39 is 0 Å². The van der Waals surface area contributed by atoms with Gasteiger partial charge in [0.2, 0.25) is 0 Å². The molecule has 88 valence electrons. The van der Waals surface area contributed by atoms with E-state index in [0.29, 0.717) is 21.4 Å². The van der Waals surface area contributed by atoms with Crippen LogP contribution in [0.5, 0.6) is 0 Å². The van der Waals surface area contributed by atoms with Crippen molar-refractivity contribution in [2.24, 2.45) is 0 Å². The topological polar surface area (TPSA) is 72.0 Å². The molecule has 1 N–H and O–H groups in total. The largest absolute Gasteiger partial charge is 0.297 e. The van der Waals surface area contributed by atoms with Crippen LogP contribution >= 0.6 is 22.7 Å². The number of thiazole rings is 2. The van der Waals surface area contributed by atoms with E-state index in [1.807, 2.05) is 0 Å². The van der Waals surface area contributed by atoms with E-state index in [9.17, 15) is 9.59 Å². The van der Waals surface area contributed by atoms with E-state index in [2.05, 4.69) is 15.3 Å². The molecule has 2 aromatic rings. The Morgan fingerprint density at radius 1 is 1.35 bits per heavy atom. The molecule has 7 heteroatoms. The van der Waals surface area contributed by atoms with E-state index in [-0.39, 0.29) is 11.7 Å². The Morgan fingerprint density at radius 3 is 2.65 bits per heavy atom. The van der Waals surface area contributed by atoms with Gasteiger partial charge >= 0.3 is 0 Å². The lowest BCUT2D eigenvalue weighted by atomic mass is 10.3. The van der Waals surface area contributed by atoms with Gasteiger partial charge in [-0.15, -0.1) is 22.7 Å². The molecule has 1 amide bonds. The van der Waals surface area contributed by atoms with Crippen LogP contribution in [0.25, 0.3) is 0 Å². The quantitative estimate of drug-likeness (QED) is 0.866. The number of nitrogens with zero attached hydrogens (tertiary/aromatic N) is 2. The number of hydrogen-bond donors (Lipinski definition) is 1. The number of Topliss-reactive ketones (excluding diaryl/α,β-unsaturated/α-hetero) is 1. The minimum Gasteiger partial charge on any atom is -0.297 e. The standard InChI is InChI=1S/C10H9N3O2S2/c1-5-8(17-4-11-5)9(15)13-10-12-7(3-16-10)6(2)14/h3-4H,1-2H3,(H,12,13,15). The van der Waals surface area contributed by atoms with Gasteiger partial charge in [-0.25, -0.2) is 9.97 Å². The molecule has 0 atom stereocenters. The lowest BCUT2D eigenvalue weighted by Gasteiger charge is -1.98. The highest BCUT2D eigenvalue weighted by atomic mass is 32.1. The van der Waals surface area contributed by atoms with Crippen LogP contribution in [-0.4, -0.2) is 21.7 Å². The van der Waals surface area contributed by atoms with Gasteiger partial charge in [0.1, 0.15) is 10.6 Å². The molecule has 0 saturated heterocycles. The highest BCUT2D eigenvalue weighted by Crippen LogP contribution is 2.19. The van der Waals surface area contributed by atoms with Crippen molar-refractivity contribution in [2.75, 3.05) is 5.32 Å². The number of nitrogens with one attached hydrogen (secondary N) is 1. The van der Waals surface area contributed by atoms with Crippen LogP contribution in [0.4, 0.5) is 5.13 Å². The molecule has 0 bridgehead atoms. The van der Waals surface area contributed by atoms with Crippen LogP contribution in [0.15, 0.2) is 10.9 Å². The first-order valence-corrected chi connectivity index (χ1v) is 6.51. The molecular weight excluding hydrogens is 258 g/mol. The zero-order chi connectivity index (χ0) is 12.4. The summed E-state index contributed by atoms with van der Waals surface area (Å²) in [6, 6.07) is 0. The van der Waals surface area contributed by atoms with Gasteiger partial charge in [-0.1, -0.05) is 0 Å². The number of aryl methyl sites for hydroxylation is 1. The Labute approximate surface area is 106 Å². The van der Waals surface area contributed by atoms with E-state index >= 15 is 0 Å². The summed E-state index contributed by atoms with van der Waals surface area (Å²) in [7, 11) is 0. The predicted octanol–water partition coefficient (Wildman–Crippen LogP) is 2.36. The van der Waals surface area contributed by atoms with Crippen molar-refractivity contribution in [1.82, 2.24) is 9.97 Å². The third-order valence-electron chi connectivity index (χ3n) is 2.04. The summed E-state index contributed by atoms with van der Waals surface area (Å²) in [6.07, 6.45) is 0. The molecule has 2 rings (SSSR count). The maximum atomic E-state index is 11.8. The molecule has 2 aromatic heterocycles. The molecule has 0 aliphatic carbocycles. The number of carbonyl (C=O) groups is 2. The predicted molar refractivity (Wildman–Crippen MR) is 66.9 cm³/mol. The van der Waals surface area contributed by atoms with Crippen molar-refractivity contribution in [1.29, 1.82) is 0 Å². The van der Waals surface area contributed by atoms with Crippen LogP contribution in [0, 0.1) is 6.92 Å². The monoisotopic (exact) mass is 267 g/mol. The molecule has 0 aliphatic heterocycles. The summed E-state index contributed by atoms with van der Waals surface area (Å²) in [5.41, 5.74) is 2.68. The third-order valence-corrected chi connectivity index (χ3v) is 3.72. The summed E-state index contributed by atoms with van der Waals surface area (Å²) < 4.78 is 0. The average molecular weight is 267 g/mol. The van der Waals surface area contributed by atoms with Gasteiger partial charge in [-0.05, 0) is 6.92 Å². The Hall–Kier alpha value is -1.60. The van der Waals surface area contributed by atoms with Gasteiger partial charge in [0.15, 0.2) is 10.9 Å². The van der Waals surface area contributed by atoms with Crippen LogP contribution < -0.4 is 5.32 Å². The minimum atomic E-state index is -0.241. The second-order valence-corrected chi connectivity index (χ2v) is 5.03. The van der Waals surface area contributed by atoms with Gasteiger partial charge in [0.05, 0.1) is 11.2 Å². The van der Waals surface area contributed by atoms with Crippen LogP contribution in [0.2, 0.25) is 0 Å². The zero-order valence-electron chi connectivity index (χ0n) is 9.18. The molecule has 0 spiro atoms. The van der Waals surface area contributed by atoms with E-state index in [0.717, 1.165) is 0 Å². The van der Waals surface area contributed by atoms with Gasteiger partial charge in [-0.3, -0.25) is 14.9 Å². The highest BCUT2D eigenvalue weighted by Gasteiger charge is 2.14. The van der Waals surface area contributed by atoms with E-state index in [1.54, 1.807) is 17.8 Å². The summed E-state index contributed by atoms with van der Waals surface area (Å²) in [4.78, 5) is 31.4. The summed E-state index contributed by atoms with van der Waals surface area (Å²) in [5.74, 6) is -0.356. The number of rotatable bonds is 3. The first kappa shape index (κ1) is 11.9. The number of aromatic nitrogens is 2. The van der Waals surface area contributed by atoms with Gasteiger partial charge in [0.25, 0.3) is 5.91 Å². The fraction of sp³-hybridized carbons (Fsp3) is 0.200. The van der Waals surface area contributed by atoms with Crippen molar-refractivity contribution in [3.63, 3.8) is 0 Å². The Kier molecular flexibility index (Phi) is 3.30. The van der Waals surface area contributed by atoms with Crippen molar-refractivity contribution in [3.8, 4) is 0 Å². The number of ketones is 1. The first-order valence-electron chi connectivity index (χ1n) is 4.76. The zero-order valence-corrected chi connectivity index (χ0v) is 10.8. The maximum absolute atomic E-state index is 11.8. The summed E-state index contributed by atoms with van der Waals surface area (Å²) in [6.45, 7) is 3.21.